The maximum atomic E-state index is 14.3. The fourth-order valence-corrected chi connectivity index (χ4v) is 5.04. The average Bonchev–Trinajstić information content (AvgIpc) is 3.07. The van der Waals surface area contributed by atoms with E-state index >= 15 is 0 Å². The molecule has 2 atom stereocenters. The number of nitrogens with one attached hydrogen (secondary N) is 1. The highest BCUT2D eigenvalue weighted by atomic mass is 32.2. The normalized spacial score (nSPS) is 20.6. The molecule has 1 N–H and O–H groups in total. The maximum absolute atomic E-state index is 14.3. The largest absolute Gasteiger partial charge is 0.320 e. The topological polar surface area (TPSA) is 73.2 Å². The molecule has 2 aliphatic rings. The highest BCUT2D eigenvalue weighted by Gasteiger charge is 2.33. The van der Waals surface area contributed by atoms with E-state index in [0.29, 0.717) is 10.6 Å². The van der Waals surface area contributed by atoms with Gasteiger partial charge in [-0.2, -0.15) is 5.26 Å². The molecule has 0 fully saturated rings. The first-order valence-electron chi connectivity index (χ1n) is 9.71. The number of allylic oxidation sites excluding steroid dienone is 1. The summed E-state index contributed by atoms with van der Waals surface area (Å²) < 4.78 is 14.3. The lowest BCUT2D eigenvalue weighted by Crippen LogP contribution is -2.37. The van der Waals surface area contributed by atoms with Crippen LogP contribution < -0.4 is 10.2 Å². The second kappa shape index (κ2) is 8.33. The number of rotatable bonds is 4. The van der Waals surface area contributed by atoms with Crippen molar-refractivity contribution >= 4 is 29.3 Å². The van der Waals surface area contributed by atoms with Gasteiger partial charge in [-0.05, 0) is 36.6 Å². The average molecular weight is 421 g/mol. The van der Waals surface area contributed by atoms with Gasteiger partial charge in [-0.1, -0.05) is 48.2 Å². The zero-order valence-electron chi connectivity index (χ0n) is 16.4. The first kappa shape index (κ1) is 20.2. The summed E-state index contributed by atoms with van der Waals surface area (Å²) in [5, 5.41) is 12.8. The third kappa shape index (κ3) is 3.71. The molecule has 2 aromatic rings. The summed E-state index contributed by atoms with van der Waals surface area (Å²) in [6, 6.07) is 16.1. The molecular formula is C23H20FN3O2S. The van der Waals surface area contributed by atoms with Gasteiger partial charge >= 0.3 is 0 Å². The van der Waals surface area contributed by atoms with E-state index in [4.69, 9.17) is 0 Å². The van der Waals surface area contributed by atoms with Crippen molar-refractivity contribution in [3.63, 3.8) is 0 Å². The summed E-state index contributed by atoms with van der Waals surface area (Å²) in [7, 11) is 0. The van der Waals surface area contributed by atoms with Crippen molar-refractivity contribution in [2.24, 2.45) is 0 Å². The lowest BCUT2D eigenvalue weighted by molar-refractivity contribution is -0.121. The SMILES string of the molecule is C[C@@H]1Cc2ccccc2N1C(=O)CSC1=C(C#N)[C@@H](c2ccccc2F)CC(=O)N1. The maximum Gasteiger partial charge on any atom is 0.237 e. The number of carbonyl (C=O) groups is 2. The van der Waals surface area contributed by atoms with E-state index in [0.717, 1.165) is 29.4 Å². The quantitative estimate of drug-likeness (QED) is 0.813. The van der Waals surface area contributed by atoms with Crippen LogP contribution in [0.2, 0.25) is 0 Å². The van der Waals surface area contributed by atoms with Gasteiger partial charge in [0.2, 0.25) is 11.8 Å². The zero-order chi connectivity index (χ0) is 21.3. The monoisotopic (exact) mass is 421 g/mol. The number of anilines is 1. The molecule has 0 bridgehead atoms. The third-order valence-corrected chi connectivity index (χ3v) is 6.45. The molecule has 0 unspecified atom stereocenters. The Bertz CT molecular complexity index is 1090. The summed E-state index contributed by atoms with van der Waals surface area (Å²) in [6.45, 7) is 2.00. The van der Waals surface area contributed by atoms with Crippen molar-refractivity contribution in [3.05, 3.63) is 76.1 Å². The Morgan fingerprint density at radius 3 is 2.73 bits per heavy atom. The Labute approximate surface area is 178 Å². The number of hydrogen-bond acceptors (Lipinski definition) is 4. The first-order chi connectivity index (χ1) is 14.5. The van der Waals surface area contributed by atoms with Crippen LogP contribution in [0.4, 0.5) is 10.1 Å². The third-order valence-electron chi connectivity index (χ3n) is 5.45. The lowest BCUT2D eigenvalue weighted by Gasteiger charge is -2.26. The highest BCUT2D eigenvalue weighted by Crippen LogP contribution is 2.38. The number of hydrogen-bond donors (Lipinski definition) is 1. The number of benzene rings is 2. The molecule has 0 radical (unpaired) electrons. The predicted octanol–water partition coefficient (Wildman–Crippen LogP) is 3.88. The molecule has 2 aromatic carbocycles. The standard InChI is InChI=1S/C23H20FN3O2S/c1-14-10-15-6-2-5-9-20(15)27(14)22(29)13-30-23-18(12-25)17(11-21(28)26-23)16-7-3-4-8-19(16)24/h2-9,14,17H,10-11,13H2,1H3,(H,26,28)/t14-,17-/m1/s1. The summed E-state index contributed by atoms with van der Waals surface area (Å²) in [6.07, 6.45) is 0.795. The van der Waals surface area contributed by atoms with Crippen LogP contribution in [0.15, 0.2) is 59.1 Å². The Hall–Kier alpha value is -3.11. The van der Waals surface area contributed by atoms with Crippen LogP contribution in [-0.4, -0.2) is 23.6 Å². The fourth-order valence-electron chi connectivity index (χ4n) is 4.11. The number of nitriles is 1. The molecule has 152 valence electrons. The van der Waals surface area contributed by atoms with Gasteiger partial charge in [0.05, 0.1) is 22.4 Å². The summed E-state index contributed by atoms with van der Waals surface area (Å²) in [4.78, 5) is 27.0. The molecule has 5 nitrogen and oxygen atoms in total. The number of nitrogens with zero attached hydrogens (tertiary/aromatic N) is 2. The van der Waals surface area contributed by atoms with Crippen molar-refractivity contribution < 1.29 is 14.0 Å². The van der Waals surface area contributed by atoms with Gasteiger partial charge in [0.25, 0.3) is 0 Å². The van der Waals surface area contributed by atoms with Crippen LogP contribution >= 0.6 is 11.8 Å². The first-order valence-corrected chi connectivity index (χ1v) is 10.7. The van der Waals surface area contributed by atoms with Gasteiger partial charge in [0.1, 0.15) is 5.82 Å². The van der Waals surface area contributed by atoms with Crippen LogP contribution in [-0.2, 0) is 16.0 Å². The number of amides is 2. The zero-order valence-corrected chi connectivity index (χ0v) is 17.2. The molecule has 0 spiro atoms. The summed E-state index contributed by atoms with van der Waals surface area (Å²) in [5.41, 5.74) is 2.63. The van der Waals surface area contributed by atoms with Crippen LogP contribution in [0.5, 0.6) is 0 Å². The minimum Gasteiger partial charge on any atom is -0.320 e. The van der Waals surface area contributed by atoms with E-state index in [1.165, 1.54) is 6.07 Å². The molecule has 0 saturated carbocycles. The molecule has 2 heterocycles. The van der Waals surface area contributed by atoms with E-state index in [-0.39, 0.29) is 35.6 Å². The number of carbonyl (C=O) groups excluding carboxylic acids is 2. The Morgan fingerprint density at radius 1 is 1.23 bits per heavy atom. The summed E-state index contributed by atoms with van der Waals surface area (Å²) in [5.74, 6) is -1.42. The van der Waals surface area contributed by atoms with Crippen LogP contribution in [0.3, 0.4) is 0 Å². The van der Waals surface area contributed by atoms with Crippen LogP contribution in [0.25, 0.3) is 0 Å². The minimum atomic E-state index is -0.658. The van der Waals surface area contributed by atoms with E-state index < -0.39 is 11.7 Å². The van der Waals surface area contributed by atoms with Crippen molar-refractivity contribution in [2.75, 3.05) is 10.7 Å². The van der Waals surface area contributed by atoms with Crippen molar-refractivity contribution in [2.45, 2.75) is 31.7 Å². The smallest absolute Gasteiger partial charge is 0.237 e. The molecule has 0 aliphatic carbocycles. The van der Waals surface area contributed by atoms with Gasteiger partial charge in [-0.3, -0.25) is 9.59 Å². The van der Waals surface area contributed by atoms with Crippen molar-refractivity contribution in [1.29, 1.82) is 5.26 Å². The Balaban J connectivity index is 1.57. The molecule has 2 amide bonds. The molecular weight excluding hydrogens is 401 g/mol. The minimum absolute atomic E-state index is 0.00162. The summed E-state index contributed by atoms with van der Waals surface area (Å²) >= 11 is 1.12. The van der Waals surface area contributed by atoms with E-state index in [1.807, 2.05) is 31.2 Å². The van der Waals surface area contributed by atoms with E-state index in [2.05, 4.69) is 11.4 Å². The highest BCUT2D eigenvalue weighted by molar-refractivity contribution is 8.03. The number of thioether (sulfide) groups is 1. The number of para-hydroxylation sites is 1. The number of fused-ring (bicyclic) bond motifs is 1. The van der Waals surface area contributed by atoms with E-state index in [1.54, 1.807) is 23.1 Å². The molecule has 30 heavy (non-hydrogen) atoms. The second-order valence-corrected chi connectivity index (χ2v) is 8.40. The molecule has 4 rings (SSSR count). The number of halogens is 1. The van der Waals surface area contributed by atoms with Gasteiger partial charge in [-0.25, -0.2) is 4.39 Å². The second-order valence-electron chi connectivity index (χ2n) is 7.42. The van der Waals surface area contributed by atoms with E-state index in [9.17, 15) is 19.2 Å². The van der Waals surface area contributed by atoms with Crippen LogP contribution in [0, 0.1) is 17.1 Å². The molecule has 0 saturated heterocycles. The lowest BCUT2D eigenvalue weighted by atomic mass is 9.87. The van der Waals surface area contributed by atoms with Gasteiger partial charge < -0.3 is 10.2 Å². The molecule has 2 aliphatic heterocycles. The molecule has 0 aromatic heterocycles. The van der Waals surface area contributed by atoms with Gasteiger partial charge in [0.15, 0.2) is 0 Å². The van der Waals surface area contributed by atoms with Crippen molar-refractivity contribution in [1.82, 2.24) is 5.32 Å². The van der Waals surface area contributed by atoms with Gasteiger partial charge in [-0.15, -0.1) is 0 Å². The van der Waals surface area contributed by atoms with Gasteiger partial charge in [0, 0.05) is 24.1 Å². The predicted molar refractivity (Wildman–Crippen MR) is 114 cm³/mol. The molecule has 7 heteroatoms. The fraction of sp³-hybridized carbons (Fsp3) is 0.261. The Kier molecular flexibility index (Phi) is 5.60. The Morgan fingerprint density at radius 2 is 1.97 bits per heavy atom. The van der Waals surface area contributed by atoms with Crippen molar-refractivity contribution in [3.8, 4) is 6.07 Å². The van der Waals surface area contributed by atoms with Crippen LogP contribution in [0.1, 0.15) is 30.4 Å².